The molecule has 0 radical (unpaired) electrons. The second-order valence-corrected chi connectivity index (χ2v) is 4.72. The summed E-state index contributed by atoms with van der Waals surface area (Å²) in [5.41, 5.74) is 3.19. The highest BCUT2D eigenvalue weighted by Gasteiger charge is 2.14. The largest absolute Gasteiger partial charge is 0.319 e. The Morgan fingerprint density at radius 2 is 2.05 bits per heavy atom. The molecule has 4 nitrogen and oxygen atoms in total. The SMILES string of the molecule is CNCCC([NH2+]N=CC=N)c1ccc2ccccc2c1. The fourth-order valence-electron chi connectivity index (χ4n) is 2.26. The minimum absolute atomic E-state index is 0.267. The van der Waals surface area contributed by atoms with E-state index in [4.69, 9.17) is 5.41 Å². The Kier molecular flexibility index (Phi) is 5.41. The molecule has 2 aromatic rings. The molecule has 0 amide bonds. The maximum atomic E-state index is 6.99. The number of hydrogen-bond acceptors (Lipinski definition) is 3. The monoisotopic (exact) mass is 269 g/mol. The van der Waals surface area contributed by atoms with Crippen molar-refractivity contribution in [2.75, 3.05) is 13.6 Å². The number of nitrogens with one attached hydrogen (secondary N) is 2. The Balaban J connectivity index is 2.24. The van der Waals surface area contributed by atoms with Gasteiger partial charge in [0.1, 0.15) is 6.04 Å². The van der Waals surface area contributed by atoms with E-state index in [1.54, 1.807) is 0 Å². The normalized spacial score (nSPS) is 12.8. The Morgan fingerprint density at radius 3 is 2.80 bits per heavy atom. The number of hydrogen-bond donors (Lipinski definition) is 3. The molecule has 0 aliphatic heterocycles. The van der Waals surface area contributed by atoms with Crippen molar-refractivity contribution in [1.82, 2.24) is 5.32 Å². The van der Waals surface area contributed by atoms with Crippen LogP contribution in [0.2, 0.25) is 0 Å². The van der Waals surface area contributed by atoms with Crippen LogP contribution in [0.15, 0.2) is 47.6 Å². The molecule has 2 aromatic carbocycles. The van der Waals surface area contributed by atoms with Gasteiger partial charge >= 0.3 is 0 Å². The van der Waals surface area contributed by atoms with Gasteiger partial charge in [0.25, 0.3) is 0 Å². The first-order valence-corrected chi connectivity index (χ1v) is 6.84. The molecule has 20 heavy (non-hydrogen) atoms. The zero-order valence-electron chi connectivity index (χ0n) is 11.7. The molecule has 0 spiro atoms. The quantitative estimate of drug-likeness (QED) is 0.400. The van der Waals surface area contributed by atoms with Gasteiger partial charge in [0.2, 0.25) is 0 Å². The van der Waals surface area contributed by atoms with Crippen molar-refractivity contribution in [1.29, 1.82) is 5.41 Å². The van der Waals surface area contributed by atoms with E-state index in [9.17, 15) is 0 Å². The molecule has 104 valence electrons. The number of benzene rings is 2. The number of quaternary nitrogens is 1. The fourth-order valence-corrected chi connectivity index (χ4v) is 2.26. The Labute approximate surface area is 119 Å². The van der Waals surface area contributed by atoms with Crippen molar-refractivity contribution < 1.29 is 5.43 Å². The first-order valence-electron chi connectivity index (χ1n) is 6.84. The summed E-state index contributed by atoms with van der Waals surface area (Å²) in [4.78, 5) is 0. The highest BCUT2D eigenvalue weighted by atomic mass is 15.3. The van der Waals surface area contributed by atoms with Gasteiger partial charge in [-0.15, -0.1) is 0 Å². The van der Waals surface area contributed by atoms with Crippen LogP contribution in [0.25, 0.3) is 10.8 Å². The van der Waals surface area contributed by atoms with Gasteiger partial charge in [-0.05, 0) is 23.9 Å². The predicted molar refractivity (Wildman–Crippen MR) is 84.4 cm³/mol. The van der Waals surface area contributed by atoms with Crippen molar-refractivity contribution in [3.05, 3.63) is 48.0 Å². The third-order valence-electron chi connectivity index (χ3n) is 3.33. The lowest BCUT2D eigenvalue weighted by molar-refractivity contribution is -0.702. The van der Waals surface area contributed by atoms with Crippen LogP contribution in [0, 0.1) is 5.41 Å². The van der Waals surface area contributed by atoms with Crippen molar-refractivity contribution in [2.24, 2.45) is 5.10 Å². The summed E-state index contributed by atoms with van der Waals surface area (Å²) in [5, 5.41) is 16.9. The Bertz CT molecular complexity index is 592. The lowest BCUT2D eigenvalue weighted by Gasteiger charge is -2.13. The van der Waals surface area contributed by atoms with E-state index < -0.39 is 0 Å². The molecule has 4 heteroatoms. The minimum atomic E-state index is 0.267. The van der Waals surface area contributed by atoms with Gasteiger partial charge in [-0.3, -0.25) is 0 Å². The predicted octanol–water partition coefficient (Wildman–Crippen LogP) is 1.69. The number of nitrogens with two attached hydrogens (primary N) is 1. The minimum Gasteiger partial charge on any atom is -0.319 e. The van der Waals surface area contributed by atoms with Crippen molar-refractivity contribution >= 4 is 23.2 Å². The summed E-state index contributed by atoms with van der Waals surface area (Å²) >= 11 is 0. The summed E-state index contributed by atoms with van der Waals surface area (Å²) in [6.07, 6.45) is 3.70. The molecular weight excluding hydrogens is 248 g/mol. The van der Waals surface area contributed by atoms with E-state index >= 15 is 0 Å². The van der Waals surface area contributed by atoms with E-state index in [2.05, 4.69) is 52.9 Å². The van der Waals surface area contributed by atoms with Crippen LogP contribution in [0.4, 0.5) is 0 Å². The lowest BCUT2D eigenvalue weighted by Crippen LogP contribution is -2.79. The Hall–Kier alpha value is -2.04. The summed E-state index contributed by atoms with van der Waals surface area (Å²) < 4.78 is 0. The van der Waals surface area contributed by atoms with Gasteiger partial charge in [-0.25, -0.2) is 5.43 Å². The molecule has 0 heterocycles. The highest BCUT2D eigenvalue weighted by molar-refractivity contribution is 6.14. The van der Waals surface area contributed by atoms with E-state index in [1.807, 2.05) is 12.5 Å². The van der Waals surface area contributed by atoms with Gasteiger partial charge in [0.15, 0.2) is 0 Å². The lowest BCUT2D eigenvalue weighted by atomic mass is 10.0. The zero-order chi connectivity index (χ0) is 14.2. The molecular formula is C16H21N4+. The molecule has 0 aliphatic carbocycles. The summed E-state index contributed by atoms with van der Waals surface area (Å²) in [5.74, 6) is 0. The fraction of sp³-hybridized carbons (Fsp3) is 0.250. The molecule has 0 bridgehead atoms. The first-order chi connectivity index (χ1) is 9.85. The van der Waals surface area contributed by atoms with Crippen LogP contribution in [0.5, 0.6) is 0 Å². The van der Waals surface area contributed by atoms with E-state index in [-0.39, 0.29) is 6.04 Å². The van der Waals surface area contributed by atoms with Gasteiger partial charge in [-0.2, -0.15) is 0 Å². The zero-order valence-corrected chi connectivity index (χ0v) is 11.7. The van der Waals surface area contributed by atoms with Gasteiger partial charge in [0.05, 0.1) is 6.21 Å². The second-order valence-electron chi connectivity index (χ2n) is 4.72. The number of rotatable bonds is 7. The molecule has 0 aromatic heterocycles. The molecule has 0 saturated carbocycles. The van der Waals surface area contributed by atoms with Crippen molar-refractivity contribution in [3.63, 3.8) is 0 Å². The summed E-state index contributed by atoms with van der Waals surface area (Å²) in [6.45, 7) is 0.939. The van der Waals surface area contributed by atoms with Gasteiger partial charge in [0, 0.05) is 24.7 Å². The van der Waals surface area contributed by atoms with Crippen molar-refractivity contribution in [2.45, 2.75) is 12.5 Å². The number of nitrogens with zero attached hydrogens (tertiary/aromatic N) is 1. The molecule has 2 rings (SSSR count). The molecule has 1 unspecified atom stereocenters. The third kappa shape index (κ3) is 3.73. The van der Waals surface area contributed by atoms with Crippen LogP contribution >= 0.6 is 0 Å². The smallest absolute Gasteiger partial charge is 0.137 e. The van der Waals surface area contributed by atoms with Crippen LogP contribution in [-0.4, -0.2) is 26.0 Å². The van der Waals surface area contributed by atoms with Gasteiger partial charge < -0.3 is 10.7 Å². The molecule has 0 saturated heterocycles. The van der Waals surface area contributed by atoms with Crippen LogP contribution in [-0.2, 0) is 0 Å². The highest BCUT2D eigenvalue weighted by Crippen LogP contribution is 2.20. The van der Waals surface area contributed by atoms with E-state index in [1.165, 1.54) is 28.8 Å². The first kappa shape index (κ1) is 14.4. The number of fused-ring (bicyclic) bond motifs is 1. The van der Waals surface area contributed by atoms with Gasteiger partial charge in [-0.1, -0.05) is 41.5 Å². The maximum Gasteiger partial charge on any atom is 0.137 e. The standard InChI is InChI=1S/C16H20N4/c1-18-10-8-16(20-19-11-9-17)15-7-6-13-4-2-3-5-14(13)12-15/h2-7,9,11-12,16-18,20H,8,10H2,1H3/p+1. The second kappa shape index (κ2) is 7.53. The molecule has 4 N–H and O–H groups in total. The molecule has 0 aliphatic rings. The van der Waals surface area contributed by atoms with E-state index in [0.717, 1.165) is 13.0 Å². The average molecular weight is 269 g/mol. The summed E-state index contributed by atoms with van der Waals surface area (Å²) in [6, 6.07) is 15.2. The van der Waals surface area contributed by atoms with Crippen LogP contribution in [0.1, 0.15) is 18.0 Å². The molecule has 0 fully saturated rings. The average Bonchev–Trinajstić information content (AvgIpc) is 2.50. The van der Waals surface area contributed by atoms with Crippen molar-refractivity contribution in [3.8, 4) is 0 Å². The van der Waals surface area contributed by atoms with Crippen LogP contribution < -0.4 is 10.7 Å². The Morgan fingerprint density at radius 1 is 1.25 bits per heavy atom. The molecule has 1 atom stereocenters. The topological polar surface area (TPSA) is 64.8 Å². The summed E-state index contributed by atoms with van der Waals surface area (Å²) in [7, 11) is 1.96. The third-order valence-corrected chi connectivity index (χ3v) is 3.33. The maximum absolute atomic E-state index is 6.99. The van der Waals surface area contributed by atoms with E-state index in [0.29, 0.717) is 0 Å². The van der Waals surface area contributed by atoms with Crippen LogP contribution in [0.3, 0.4) is 0 Å².